The lowest BCUT2D eigenvalue weighted by Crippen LogP contribution is -2.36. The minimum atomic E-state index is -4.33. The Balaban J connectivity index is 1.15. The molecule has 2 aliphatic rings. The monoisotopic (exact) mass is 491 g/mol. The standard InChI is InChI=1S/C23H28F3N7S/c1-30-21(19-8-10-27-31(19)2)28-29-22(30)34-13-5-11-32-14-16-9-12-33(20(16)15-32)18-7-4-3-6-17(18)23(24,25)26/h3-4,6-8,10,16,20H,5,9,11-15H2,1-2H3/t16-,20+/m1/s1. The van der Waals surface area contributed by atoms with Gasteiger partial charge in [0, 0.05) is 57.4 Å². The molecule has 0 radical (unpaired) electrons. The van der Waals surface area contributed by atoms with E-state index < -0.39 is 11.7 Å². The molecule has 2 saturated heterocycles. The van der Waals surface area contributed by atoms with E-state index in [9.17, 15) is 13.2 Å². The molecule has 5 rings (SSSR count). The lowest BCUT2D eigenvalue weighted by atomic mass is 10.0. The predicted molar refractivity (Wildman–Crippen MR) is 126 cm³/mol. The first-order valence-corrected chi connectivity index (χ1v) is 12.5. The first-order valence-electron chi connectivity index (χ1n) is 11.5. The van der Waals surface area contributed by atoms with Crippen molar-refractivity contribution in [1.29, 1.82) is 0 Å². The van der Waals surface area contributed by atoms with E-state index in [1.54, 1.807) is 34.8 Å². The highest BCUT2D eigenvalue weighted by Crippen LogP contribution is 2.41. The number of likely N-dealkylation sites (tertiary alicyclic amines) is 1. The number of aromatic nitrogens is 5. The van der Waals surface area contributed by atoms with Gasteiger partial charge in [0.05, 0.1) is 5.56 Å². The molecule has 1 aromatic carbocycles. The minimum absolute atomic E-state index is 0.149. The van der Waals surface area contributed by atoms with Gasteiger partial charge in [-0.1, -0.05) is 23.9 Å². The number of rotatable bonds is 7. The molecule has 4 heterocycles. The van der Waals surface area contributed by atoms with Gasteiger partial charge in [-0.3, -0.25) is 4.68 Å². The van der Waals surface area contributed by atoms with Crippen LogP contribution in [0.4, 0.5) is 18.9 Å². The van der Waals surface area contributed by atoms with E-state index in [-0.39, 0.29) is 6.04 Å². The molecular formula is C23H28F3N7S. The summed E-state index contributed by atoms with van der Waals surface area (Å²) in [7, 11) is 3.84. The molecule has 0 bridgehead atoms. The van der Waals surface area contributed by atoms with Crippen LogP contribution in [0, 0.1) is 5.92 Å². The van der Waals surface area contributed by atoms with Crippen LogP contribution in [-0.2, 0) is 20.3 Å². The first-order chi connectivity index (χ1) is 16.3. The van der Waals surface area contributed by atoms with E-state index in [2.05, 4.69) is 20.2 Å². The number of anilines is 1. The second kappa shape index (κ2) is 9.26. The summed E-state index contributed by atoms with van der Waals surface area (Å²) in [5, 5.41) is 13.7. The van der Waals surface area contributed by atoms with Crippen molar-refractivity contribution in [2.45, 2.75) is 30.2 Å². The normalized spacial score (nSPS) is 20.9. The molecule has 0 amide bonds. The number of fused-ring (bicyclic) bond motifs is 1. The van der Waals surface area contributed by atoms with Gasteiger partial charge in [0.2, 0.25) is 0 Å². The highest BCUT2D eigenvalue weighted by molar-refractivity contribution is 7.99. The molecule has 7 nitrogen and oxygen atoms in total. The third kappa shape index (κ3) is 4.43. The lowest BCUT2D eigenvalue weighted by molar-refractivity contribution is -0.137. The van der Waals surface area contributed by atoms with Gasteiger partial charge in [-0.05, 0) is 43.5 Å². The van der Waals surface area contributed by atoms with Gasteiger partial charge in [0.25, 0.3) is 0 Å². The summed E-state index contributed by atoms with van der Waals surface area (Å²) >= 11 is 1.68. The van der Waals surface area contributed by atoms with Crippen molar-refractivity contribution >= 4 is 17.4 Å². The summed E-state index contributed by atoms with van der Waals surface area (Å²) in [6, 6.07) is 8.04. The highest BCUT2D eigenvalue weighted by atomic mass is 32.2. The number of hydrogen-bond donors (Lipinski definition) is 0. The van der Waals surface area contributed by atoms with Crippen LogP contribution in [0.2, 0.25) is 0 Å². The van der Waals surface area contributed by atoms with Gasteiger partial charge in [-0.25, -0.2) is 0 Å². The molecular weight excluding hydrogens is 463 g/mol. The summed E-state index contributed by atoms with van der Waals surface area (Å²) < 4.78 is 44.4. The van der Waals surface area contributed by atoms with Crippen molar-refractivity contribution in [3.05, 3.63) is 42.1 Å². The first kappa shape index (κ1) is 23.2. The summed E-state index contributed by atoms with van der Waals surface area (Å²) in [4.78, 5) is 4.39. The maximum atomic E-state index is 13.5. The topological polar surface area (TPSA) is 55.0 Å². The fourth-order valence-electron chi connectivity index (χ4n) is 5.20. The molecule has 0 unspecified atom stereocenters. The van der Waals surface area contributed by atoms with Gasteiger partial charge < -0.3 is 14.4 Å². The molecule has 182 valence electrons. The van der Waals surface area contributed by atoms with E-state index >= 15 is 0 Å². The van der Waals surface area contributed by atoms with E-state index in [1.165, 1.54) is 12.1 Å². The number of hydrogen-bond acceptors (Lipinski definition) is 6. The molecule has 0 saturated carbocycles. The van der Waals surface area contributed by atoms with Gasteiger partial charge >= 0.3 is 6.18 Å². The Morgan fingerprint density at radius 3 is 2.68 bits per heavy atom. The molecule has 3 aromatic rings. The van der Waals surface area contributed by atoms with Crippen LogP contribution in [0.5, 0.6) is 0 Å². The molecule has 2 atom stereocenters. The molecule has 2 aromatic heterocycles. The second-order valence-corrected chi connectivity index (χ2v) is 10.1. The summed E-state index contributed by atoms with van der Waals surface area (Å²) in [5.74, 6) is 2.12. The summed E-state index contributed by atoms with van der Waals surface area (Å²) in [6.45, 7) is 3.39. The van der Waals surface area contributed by atoms with E-state index in [1.807, 2.05) is 29.6 Å². The van der Waals surface area contributed by atoms with E-state index in [4.69, 9.17) is 0 Å². The molecule has 0 aliphatic carbocycles. The SMILES string of the molecule is Cn1nccc1-c1nnc(SCCCN2C[C@H]3CCN(c4ccccc4C(F)(F)F)[C@H]3C2)n1C. The minimum Gasteiger partial charge on any atom is -0.366 e. The number of para-hydroxylation sites is 1. The third-order valence-electron chi connectivity index (χ3n) is 6.88. The van der Waals surface area contributed by atoms with Crippen molar-refractivity contribution in [3.63, 3.8) is 0 Å². The largest absolute Gasteiger partial charge is 0.418 e. The van der Waals surface area contributed by atoms with Crippen LogP contribution in [0.1, 0.15) is 18.4 Å². The van der Waals surface area contributed by atoms with Crippen molar-refractivity contribution in [2.24, 2.45) is 20.0 Å². The van der Waals surface area contributed by atoms with Crippen LogP contribution in [-0.4, -0.2) is 67.4 Å². The average molecular weight is 492 g/mol. The van der Waals surface area contributed by atoms with Crippen LogP contribution < -0.4 is 4.90 Å². The number of aryl methyl sites for hydroxylation is 1. The molecule has 34 heavy (non-hydrogen) atoms. The molecule has 0 N–H and O–H groups in total. The number of benzene rings is 1. The fourth-order valence-corrected chi connectivity index (χ4v) is 6.04. The van der Waals surface area contributed by atoms with E-state index in [0.717, 1.165) is 54.9 Å². The Bertz CT molecular complexity index is 1140. The van der Waals surface area contributed by atoms with Crippen molar-refractivity contribution in [2.75, 3.05) is 36.8 Å². The summed E-state index contributed by atoms with van der Waals surface area (Å²) in [5.41, 5.74) is 0.716. The Morgan fingerprint density at radius 2 is 1.91 bits per heavy atom. The van der Waals surface area contributed by atoms with Gasteiger partial charge in [-0.2, -0.15) is 18.3 Å². The third-order valence-corrected chi connectivity index (χ3v) is 7.98. The Hall–Kier alpha value is -2.53. The zero-order valence-corrected chi connectivity index (χ0v) is 20.1. The zero-order valence-electron chi connectivity index (χ0n) is 19.2. The Labute approximate surface area is 200 Å². The fraction of sp³-hybridized carbons (Fsp3) is 0.522. The molecule has 0 spiro atoms. The molecule has 2 fully saturated rings. The van der Waals surface area contributed by atoms with Crippen molar-refractivity contribution < 1.29 is 13.2 Å². The van der Waals surface area contributed by atoms with E-state index in [0.29, 0.717) is 18.2 Å². The van der Waals surface area contributed by atoms with Crippen LogP contribution in [0.15, 0.2) is 41.7 Å². The van der Waals surface area contributed by atoms with Crippen molar-refractivity contribution in [3.8, 4) is 11.5 Å². The number of alkyl halides is 3. The van der Waals surface area contributed by atoms with Crippen molar-refractivity contribution in [1.82, 2.24) is 29.4 Å². The van der Waals surface area contributed by atoms with Gasteiger partial charge in [0.15, 0.2) is 11.0 Å². The molecule has 2 aliphatic heterocycles. The average Bonchev–Trinajstić information content (AvgIpc) is 3.56. The second-order valence-electron chi connectivity index (χ2n) is 8.99. The predicted octanol–water partition coefficient (Wildman–Crippen LogP) is 3.93. The van der Waals surface area contributed by atoms with Crippen LogP contribution in [0.3, 0.4) is 0 Å². The number of thioether (sulfide) groups is 1. The van der Waals surface area contributed by atoms with Gasteiger partial charge in [0.1, 0.15) is 5.69 Å². The van der Waals surface area contributed by atoms with Crippen LogP contribution >= 0.6 is 11.8 Å². The van der Waals surface area contributed by atoms with Crippen LogP contribution in [0.25, 0.3) is 11.5 Å². The summed E-state index contributed by atoms with van der Waals surface area (Å²) in [6.07, 6.45) is -0.666. The maximum absolute atomic E-state index is 13.5. The number of halogens is 3. The Kier molecular flexibility index (Phi) is 6.32. The Morgan fingerprint density at radius 1 is 1.09 bits per heavy atom. The molecule has 11 heteroatoms. The highest BCUT2D eigenvalue weighted by Gasteiger charge is 2.44. The quantitative estimate of drug-likeness (QED) is 0.369. The zero-order chi connectivity index (χ0) is 23.9. The van der Waals surface area contributed by atoms with Gasteiger partial charge in [-0.15, -0.1) is 10.2 Å². The smallest absolute Gasteiger partial charge is 0.366 e. The maximum Gasteiger partial charge on any atom is 0.418 e. The lowest BCUT2D eigenvalue weighted by Gasteiger charge is -2.29. The number of nitrogens with zero attached hydrogens (tertiary/aromatic N) is 7.